The third-order valence-electron chi connectivity index (χ3n) is 4.09. The first-order valence-corrected chi connectivity index (χ1v) is 8.76. The van der Waals surface area contributed by atoms with Crippen molar-refractivity contribution in [3.05, 3.63) is 58.6 Å². The molecule has 2 heterocycles. The van der Waals surface area contributed by atoms with Crippen LogP contribution in [0.3, 0.4) is 0 Å². The lowest BCUT2D eigenvalue weighted by Crippen LogP contribution is -2.22. The monoisotopic (exact) mass is 396 g/mol. The lowest BCUT2D eigenvalue weighted by Gasteiger charge is -2.17. The zero-order chi connectivity index (χ0) is 19.6. The topological polar surface area (TPSA) is 39.1 Å². The Morgan fingerprint density at radius 1 is 1.19 bits per heavy atom. The summed E-state index contributed by atoms with van der Waals surface area (Å²) in [6, 6.07) is 8.76. The molecule has 27 heavy (non-hydrogen) atoms. The van der Waals surface area contributed by atoms with E-state index in [9.17, 15) is 13.2 Å². The van der Waals surface area contributed by atoms with Crippen molar-refractivity contribution in [1.29, 1.82) is 0 Å². The number of alkyl halides is 3. The number of rotatable bonds is 6. The summed E-state index contributed by atoms with van der Waals surface area (Å²) in [5, 5.41) is 4.54. The van der Waals surface area contributed by atoms with Gasteiger partial charge in [0.2, 0.25) is 0 Å². The SMILES string of the molecule is CCn1c(-c2ccco2)nn(CN(C)Cc2ccc(C(F)(F)F)cc2)c1=S. The molecule has 5 nitrogen and oxygen atoms in total. The van der Waals surface area contributed by atoms with E-state index < -0.39 is 11.7 Å². The van der Waals surface area contributed by atoms with Gasteiger partial charge in [-0.15, -0.1) is 5.10 Å². The van der Waals surface area contributed by atoms with Crippen molar-refractivity contribution in [3.8, 4) is 11.6 Å². The molecule has 2 aromatic heterocycles. The standard InChI is InChI=1S/C18H19F3N4OS/c1-3-24-16(15-5-4-10-26-15)22-25(17(24)27)12-23(2)11-13-6-8-14(9-7-13)18(19,20)21/h4-10H,3,11-12H2,1-2H3. The molecule has 144 valence electrons. The van der Waals surface area contributed by atoms with Gasteiger partial charge in [0.15, 0.2) is 16.4 Å². The Morgan fingerprint density at radius 3 is 2.44 bits per heavy atom. The Balaban J connectivity index is 1.75. The Hall–Kier alpha value is -2.39. The van der Waals surface area contributed by atoms with E-state index in [0.717, 1.165) is 17.7 Å². The first-order valence-electron chi connectivity index (χ1n) is 8.35. The molecule has 3 rings (SSSR count). The van der Waals surface area contributed by atoms with Crippen molar-refractivity contribution in [2.45, 2.75) is 32.9 Å². The number of nitrogens with zero attached hydrogens (tertiary/aromatic N) is 4. The zero-order valence-corrected chi connectivity index (χ0v) is 15.7. The highest BCUT2D eigenvalue weighted by atomic mass is 32.1. The third-order valence-corrected chi connectivity index (χ3v) is 4.52. The fourth-order valence-electron chi connectivity index (χ4n) is 2.80. The second-order valence-corrected chi connectivity index (χ2v) is 6.54. The fourth-order valence-corrected chi connectivity index (χ4v) is 3.11. The molecule has 0 unspecified atom stereocenters. The quantitative estimate of drug-likeness (QED) is 0.561. The first kappa shape index (κ1) is 19.4. The average molecular weight is 396 g/mol. The lowest BCUT2D eigenvalue weighted by atomic mass is 10.1. The summed E-state index contributed by atoms with van der Waals surface area (Å²) < 4.78 is 47.5. The molecule has 0 N–H and O–H groups in total. The second-order valence-electron chi connectivity index (χ2n) is 6.18. The van der Waals surface area contributed by atoms with Gasteiger partial charge in [0, 0.05) is 13.1 Å². The smallest absolute Gasteiger partial charge is 0.416 e. The van der Waals surface area contributed by atoms with Gasteiger partial charge in [-0.25, -0.2) is 4.68 Å². The molecule has 0 spiro atoms. The van der Waals surface area contributed by atoms with Crippen molar-refractivity contribution in [3.63, 3.8) is 0 Å². The number of benzene rings is 1. The van der Waals surface area contributed by atoms with E-state index in [2.05, 4.69) is 5.10 Å². The van der Waals surface area contributed by atoms with Crippen LogP contribution < -0.4 is 0 Å². The molecule has 0 fully saturated rings. The molecule has 0 bridgehead atoms. The molecule has 0 amide bonds. The predicted octanol–water partition coefficient (Wildman–Crippen LogP) is 4.80. The molecule has 9 heteroatoms. The Morgan fingerprint density at radius 2 is 1.89 bits per heavy atom. The van der Waals surface area contributed by atoms with Gasteiger partial charge in [-0.3, -0.25) is 9.47 Å². The summed E-state index contributed by atoms with van der Waals surface area (Å²) in [6.07, 6.45) is -2.75. The van der Waals surface area contributed by atoms with Crippen LogP contribution in [0.15, 0.2) is 47.1 Å². The summed E-state index contributed by atoms with van der Waals surface area (Å²) in [7, 11) is 1.86. The molecule has 0 saturated carbocycles. The van der Waals surface area contributed by atoms with Gasteiger partial charge in [-0.2, -0.15) is 13.2 Å². The normalized spacial score (nSPS) is 12.1. The molecule has 1 aromatic carbocycles. The highest BCUT2D eigenvalue weighted by molar-refractivity contribution is 7.71. The molecular formula is C18H19F3N4OS. The highest BCUT2D eigenvalue weighted by Gasteiger charge is 2.29. The van der Waals surface area contributed by atoms with Crippen LogP contribution in [0.5, 0.6) is 0 Å². The van der Waals surface area contributed by atoms with Gasteiger partial charge in [0.25, 0.3) is 0 Å². The fraction of sp³-hybridized carbons (Fsp3) is 0.333. The van der Waals surface area contributed by atoms with Gasteiger partial charge >= 0.3 is 6.18 Å². The number of aromatic nitrogens is 3. The minimum atomic E-state index is -4.33. The molecule has 0 aliphatic rings. The van der Waals surface area contributed by atoms with Gasteiger partial charge in [0.1, 0.15) is 0 Å². The largest absolute Gasteiger partial charge is 0.461 e. The van der Waals surface area contributed by atoms with E-state index in [4.69, 9.17) is 16.6 Å². The van der Waals surface area contributed by atoms with Gasteiger partial charge < -0.3 is 4.42 Å². The van der Waals surface area contributed by atoms with Crippen LogP contribution in [-0.2, 0) is 25.9 Å². The van der Waals surface area contributed by atoms with E-state index in [1.165, 1.54) is 12.1 Å². The third kappa shape index (κ3) is 4.30. The number of halogens is 3. The van der Waals surface area contributed by atoms with Crippen LogP contribution >= 0.6 is 12.2 Å². The maximum atomic E-state index is 12.7. The van der Waals surface area contributed by atoms with Crippen molar-refractivity contribution in [2.24, 2.45) is 0 Å². The second kappa shape index (κ2) is 7.69. The Kier molecular flexibility index (Phi) is 5.52. The van der Waals surface area contributed by atoms with Crippen LogP contribution in [0.25, 0.3) is 11.6 Å². The van der Waals surface area contributed by atoms with Crippen molar-refractivity contribution in [2.75, 3.05) is 7.05 Å². The van der Waals surface area contributed by atoms with Gasteiger partial charge in [-0.1, -0.05) is 12.1 Å². The maximum Gasteiger partial charge on any atom is 0.416 e. The van der Waals surface area contributed by atoms with Crippen LogP contribution in [0, 0.1) is 4.77 Å². The summed E-state index contributed by atoms with van der Waals surface area (Å²) >= 11 is 5.50. The van der Waals surface area contributed by atoms with Crippen LogP contribution in [0.1, 0.15) is 18.1 Å². The van der Waals surface area contributed by atoms with E-state index in [-0.39, 0.29) is 0 Å². The summed E-state index contributed by atoms with van der Waals surface area (Å²) in [5.74, 6) is 1.28. The molecular weight excluding hydrogens is 377 g/mol. The minimum Gasteiger partial charge on any atom is -0.461 e. The van der Waals surface area contributed by atoms with Crippen molar-refractivity contribution in [1.82, 2.24) is 19.2 Å². The number of furan rings is 1. The maximum absolute atomic E-state index is 12.7. The Bertz CT molecular complexity index is 943. The van der Waals surface area contributed by atoms with E-state index >= 15 is 0 Å². The zero-order valence-electron chi connectivity index (χ0n) is 14.9. The summed E-state index contributed by atoms with van der Waals surface area (Å²) in [5.41, 5.74) is 0.124. The first-order chi connectivity index (χ1) is 12.8. The average Bonchev–Trinajstić information content (AvgIpc) is 3.23. The van der Waals surface area contributed by atoms with E-state index in [0.29, 0.717) is 36.1 Å². The summed E-state index contributed by atoms with van der Waals surface area (Å²) in [6.45, 7) is 3.49. The van der Waals surface area contributed by atoms with Gasteiger partial charge in [-0.05, 0) is 56.0 Å². The Labute approximate surface area is 159 Å². The van der Waals surface area contributed by atoms with E-state index in [1.54, 1.807) is 17.0 Å². The van der Waals surface area contributed by atoms with Crippen molar-refractivity contribution >= 4 is 12.2 Å². The van der Waals surface area contributed by atoms with Crippen molar-refractivity contribution < 1.29 is 17.6 Å². The molecule has 0 atom stereocenters. The van der Waals surface area contributed by atoms with Gasteiger partial charge in [0.05, 0.1) is 18.5 Å². The van der Waals surface area contributed by atoms with Crippen LogP contribution in [0.2, 0.25) is 0 Å². The number of hydrogen-bond donors (Lipinski definition) is 0. The summed E-state index contributed by atoms with van der Waals surface area (Å²) in [4.78, 5) is 1.93. The van der Waals surface area contributed by atoms with E-state index in [1.807, 2.05) is 29.5 Å². The van der Waals surface area contributed by atoms with Crippen LogP contribution in [-0.4, -0.2) is 26.3 Å². The molecule has 0 aliphatic heterocycles. The number of hydrogen-bond acceptors (Lipinski definition) is 4. The lowest BCUT2D eigenvalue weighted by molar-refractivity contribution is -0.137. The molecule has 0 radical (unpaired) electrons. The molecule has 0 saturated heterocycles. The molecule has 0 aliphatic carbocycles. The minimum absolute atomic E-state index is 0.403. The highest BCUT2D eigenvalue weighted by Crippen LogP contribution is 2.29. The molecule has 3 aromatic rings. The van der Waals surface area contributed by atoms with Crippen LogP contribution in [0.4, 0.5) is 13.2 Å². The predicted molar refractivity (Wildman–Crippen MR) is 97.3 cm³/mol.